The molecule has 0 aromatic heterocycles. The molecule has 1 saturated heterocycles. The van der Waals surface area contributed by atoms with E-state index in [2.05, 4.69) is 0 Å². The third kappa shape index (κ3) is 2.83. The van der Waals surface area contributed by atoms with Gasteiger partial charge >= 0.3 is 0 Å². The van der Waals surface area contributed by atoms with Gasteiger partial charge in [-0.1, -0.05) is 32.1 Å². The van der Waals surface area contributed by atoms with E-state index in [1.54, 1.807) is 0 Å². The summed E-state index contributed by atoms with van der Waals surface area (Å²) in [6.07, 6.45) is 9.43. The van der Waals surface area contributed by atoms with Crippen LogP contribution in [0, 0.1) is 0 Å². The SMILES string of the molecule is O=C1CCN(C2CCCCCCC2)C(=O)C1. The molecule has 0 aromatic rings. The molecule has 1 saturated carbocycles. The van der Waals surface area contributed by atoms with Crippen LogP contribution in [0.4, 0.5) is 0 Å². The molecule has 0 atom stereocenters. The van der Waals surface area contributed by atoms with Crippen LogP contribution < -0.4 is 0 Å². The van der Waals surface area contributed by atoms with E-state index in [1.807, 2.05) is 4.90 Å². The van der Waals surface area contributed by atoms with Gasteiger partial charge < -0.3 is 4.90 Å². The van der Waals surface area contributed by atoms with Crippen LogP contribution in [0.3, 0.4) is 0 Å². The summed E-state index contributed by atoms with van der Waals surface area (Å²) in [5, 5.41) is 0. The fourth-order valence-electron chi connectivity index (χ4n) is 2.86. The van der Waals surface area contributed by atoms with Crippen molar-refractivity contribution in [1.29, 1.82) is 0 Å². The molecule has 1 amide bonds. The van der Waals surface area contributed by atoms with Gasteiger partial charge in [-0.2, -0.15) is 0 Å². The van der Waals surface area contributed by atoms with Crippen molar-refractivity contribution in [3.05, 3.63) is 0 Å². The van der Waals surface area contributed by atoms with Crippen molar-refractivity contribution in [2.45, 2.75) is 63.8 Å². The summed E-state index contributed by atoms with van der Waals surface area (Å²) in [6, 6.07) is 0.417. The summed E-state index contributed by atoms with van der Waals surface area (Å²) in [4.78, 5) is 25.0. The molecule has 1 aliphatic heterocycles. The molecule has 1 aliphatic carbocycles. The molecule has 90 valence electrons. The number of rotatable bonds is 1. The normalized spacial score (nSPS) is 25.4. The molecule has 3 nitrogen and oxygen atoms in total. The van der Waals surface area contributed by atoms with Gasteiger partial charge in [0.2, 0.25) is 5.91 Å². The number of carbonyl (C=O) groups excluding carboxylic acids is 2. The number of amides is 1. The lowest BCUT2D eigenvalue weighted by molar-refractivity contribution is -0.141. The van der Waals surface area contributed by atoms with Crippen LogP contribution in [-0.4, -0.2) is 29.2 Å². The van der Waals surface area contributed by atoms with Gasteiger partial charge in [0.25, 0.3) is 0 Å². The number of Topliss-reactive ketones (excluding diaryl/α,β-unsaturated/α-hetero) is 1. The lowest BCUT2D eigenvalue weighted by Gasteiger charge is -2.35. The Morgan fingerprint density at radius 3 is 2.19 bits per heavy atom. The average Bonchev–Trinajstić information content (AvgIpc) is 2.19. The van der Waals surface area contributed by atoms with Crippen molar-refractivity contribution in [2.75, 3.05) is 6.54 Å². The molecule has 2 rings (SSSR count). The Morgan fingerprint density at radius 2 is 1.56 bits per heavy atom. The molecule has 16 heavy (non-hydrogen) atoms. The molecule has 3 heteroatoms. The smallest absolute Gasteiger partial charge is 0.230 e. The topological polar surface area (TPSA) is 37.4 Å². The molecule has 2 fully saturated rings. The fraction of sp³-hybridized carbons (Fsp3) is 0.846. The number of piperidine rings is 1. The van der Waals surface area contributed by atoms with E-state index in [1.165, 1.54) is 32.1 Å². The highest BCUT2D eigenvalue weighted by Crippen LogP contribution is 2.23. The molecular weight excluding hydrogens is 202 g/mol. The Labute approximate surface area is 97.2 Å². The number of ketones is 1. The summed E-state index contributed by atoms with van der Waals surface area (Å²) in [5.74, 6) is 0.189. The van der Waals surface area contributed by atoms with E-state index in [0.29, 0.717) is 19.0 Å². The zero-order chi connectivity index (χ0) is 11.4. The van der Waals surface area contributed by atoms with Crippen molar-refractivity contribution in [2.24, 2.45) is 0 Å². The van der Waals surface area contributed by atoms with Crippen LogP contribution in [0.5, 0.6) is 0 Å². The van der Waals surface area contributed by atoms with E-state index in [4.69, 9.17) is 0 Å². The highest BCUT2D eigenvalue weighted by atomic mass is 16.2. The second-order valence-corrected chi connectivity index (χ2v) is 5.05. The summed E-state index contributed by atoms with van der Waals surface area (Å²) in [6.45, 7) is 0.669. The molecule has 0 radical (unpaired) electrons. The highest BCUT2D eigenvalue weighted by Gasteiger charge is 2.29. The first-order valence-electron chi connectivity index (χ1n) is 6.58. The van der Waals surface area contributed by atoms with Gasteiger partial charge in [0, 0.05) is 19.0 Å². The lowest BCUT2D eigenvalue weighted by atomic mass is 9.94. The van der Waals surface area contributed by atoms with E-state index in [9.17, 15) is 9.59 Å². The monoisotopic (exact) mass is 223 g/mol. The zero-order valence-electron chi connectivity index (χ0n) is 9.91. The van der Waals surface area contributed by atoms with Gasteiger partial charge in [-0.15, -0.1) is 0 Å². The van der Waals surface area contributed by atoms with Crippen LogP contribution >= 0.6 is 0 Å². The maximum absolute atomic E-state index is 11.8. The molecule has 0 unspecified atom stereocenters. The van der Waals surface area contributed by atoms with E-state index in [0.717, 1.165) is 12.8 Å². The minimum atomic E-state index is 0.0711. The number of carbonyl (C=O) groups is 2. The summed E-state index contributed by atoms with van der Waals surface area (Å²) in [5.41, 5.74) is 0. The predicted octanol–water partition coefficient (Wildman–Crippen LogP) is 2.29. The third-order valence-corrected chi connectivity index (χ3v) is 3.82. The van der Waals surface area contributed by atoms with E-state index < -0.39 is 0 Å². The number of hydrogen-bond acceptors (Lipinski definition) is 2. The van der Waals surface area contributed by atoms with Crippen LogP contribution in [0.2, 0.25) is 0 Å². The van der Waals surface area contributed by atoms with Gasteiger partial charge in [-0.3, -0.25) is 9.59 Å². The molecule has 0 bridgehead atoms. The van der Waals surface area contributed by atoms with Crippen molar-refractivity contribution < 1.29 is 9.59 Å². The first kappa shape index (κ1) is 11.6. The van der Waals surface area contributed by atoms with Gasteiger partial charge in [-0.25, -0.2) is 0 Å². The Kier molecular flexibility index (Phi) is 3.97. The molecular formula is C13H21NO2. The molecule has 2 aliphatic rings. The summed E-state index contributed by atoms with van der Waals surface area (Å²) < 4.78 is 0. The Hall–Kier alpha value is -0.860. The van der Waals surface area contributed by atoms with Crippen LogP contribution in [0.1, 0.15) is 57.8 Å². The minimum absolute atomic E-state index is 0.0711. The first-order valence-corrected chi connectivity index (χ1v) is 6.58. The summed E-state index contributed by atoms with van der Waals surface area (Å²) in [7, 11) is 0. The number of hydrogen-bond donors (Lipinski definition) is 0. The van der Waals surface area contributed by atoms with E-state index >= 15 is 0 Å². The van der Waals surface area contributed by atoms with Gasteiger partial charge in [-0.05, 0) is 12.8 Å². The van der Waals surface area contributed by atoms with Gasteiger partial charge in [0.15, 0.2) is 0 Å². The Morgan fingerprint density at radius 1 is 0.938 bits per heavy atom. The Balaban J connectivity index is 1.93. The van der Waals surface area contributed by atoms with Crippen molar-refractivity contribution in [3.63, 3.8) is 0 Å². The van der Waals surface area contributed by atoms with Gasteiger partial charge in [0.1, 0.15) is 5.78 Å². The molecule has 0 aromatic carbocycles. The maximum atomic E-state index is 11.8. The first-order chi connectivity index (χ1) is 7.77. The third-order valence-electron chi connectivity index (χ3n) is 3.82. The summed E-state index contributed by atoms with van der Waals surface area (Å²) >= 11 is 0. The highest BCUT2D eigenvalue weighted by molar-refractivity contribution is 6.00. The number of nitrogens with zero attached hydrogens (tertiary/aromatic N) is 1. The second-order valence-electron chi connectivity index (χ2n) is 5.05. The fourth-order valence-corrected chi connectivity index (χ4v) is 2.86. The molecule has 1 heterocycles. The predicted molar refractivity (Wildman–Crippen MR) is 62.1 cm³/mol. The van der Waals surface area contributed by atoms with Crippen molar-refractivity contribution >= 4 is 11.7 Å². The standard InChI is InChI=1S/C13H21NO2/c15-12-8-9-14(13(16)10-12)11-6-4-2-1-3-5-7-11/h11H,1-10H2. The van der Waals surface area contributed by atoms with Gasteiger partial charge in [0.05, 0.1) is 6.42 Å². The Bertz CT molecular complexity index is 267. The maximum Gasteiger partial charge on any atom is 0.230 e. The van der Waals surface area contributed by atoms with Crippen molar-refractivity contribution in [1.82, 2.24) is 4.90 Å². The minimum Gasteiger partial charge on any atom is -0.339 e. The largest absolute Gasteiger partial charge is 0.339 e. The van der Waals surface area contributed by atoms with Crippen LogP contribution in [0.15, 0.2) is 0 Å². The number of likely N-dealkylation sites (tertiary alicyclic amines) is 1. The quantitative estimate of drug-likeness (QED) is 0.640. The van der Waals surface area contributed by atoms with Crippen molar-refractivity contribution in [3.8, 4) is 0 Å². The van der Waals surface area contributed by atoms with E-state index in [-0.39, 0.29) is 18.1 Å². The zero-order valence-corrected chi connectivity index (χ0v) is 9.91. The second kappa shape index (κ2) is 5.46. The van der Waals surface area contributed by atoms with Crippen LogP contribution in [0.25, 0.3) is 0 Å². The molecule has 0 spiro atoms. The molecule has 0 N–H and O–H groups in total. The average molecular weight is 223 g/mol. The lowest BCUT2D eigenvalue weighted by Crippen LogP contribution is -2.45. The van der Waals surface area contributed by atoms with Crippen LogP contribution in [-0.2, 0) is 9.59 Å².